The van der Waals surface area contributed by atoms with Crippen LogP contribution in [0.5, 0.6) is 0 Å². The lowest BCUT2D eigenvalue weighted by Gasteiger charge is -2.24. The zero-order valence-corrected chi connectivity index (χ0v) is 12.9. The second kappa shape index (κ2) is 6.57. The number of hydrogen-bond donors (Lipinski definition) is 1. The Bertz CT molecular complexity index is 548. The van der Waals surface area contributed by atoms with E-state index >= 15 is 0 Å². The van der Waals surface area contributed by atoms with Crippen LogP contribution in [0, 0.1) is 0 Å². The van der Waals surface area contributed by atoms with E-state index in [-0.39, 0.29) is 11.9 Å². The van der Waals surface area contributed by atoms with Gasteiger partial charge in [0, 0.05) is 29.7 Å². The highest BCUT2D eigenvalue weighted by Crippen LogP contribution is 2.25. The van der Waals surface area contributed by atoms with E-state index in [4.69, 9.17) is 0 Å². The number of hydrogen-bond acceptors (Lipinski definition) is 3. The highest BCUT2D eigenvalue weighted by molar-refractivity contribution is 7.10. The number of carbonyl (C=O) groups is 1. The third-order valence-corrected chi connectivity index (χ3v) is 4.41. The monoisotopic (exact) mass is 288 g/mol. The lowest BCUT2D eigenvalue weighted by atomic mass is 10.1. The van der Waals surface area contributed by atoms with Crippen LogP contribution >= 0.6 is 11.3 Å². The summed E-state index contributed by atoms with van der Waals surface area (Å²) in [5, 5.41) is 5.26. The molecule has 1 unspecified atom stereocenters. The SMILES string of the molecule is CCNc1ccc(C(=O)N(C)C(C)c2cccs2)cc1. The molecule has 0 saturated carbocycles. The molecule has 0 radical (unpaired) electrons. The van der Waals surface area contributed by atoms with Crippen LogP contribution in [0.4, 0.5) is 5.69 Å². The van der Waals surface area contributed by atoms with Gasteiger partial charge >= 0.3 is 0 Å². The summed E-state index contributed by atoms with van der Waals surface area (Å²) in [6.07, 6.45) is 0. The molecule has 1 amide bonds. The zero-order valence-electron chi connectivity index (χ0n) is 12.1. The van der Waals surface area contributed by atoms with Crippen molar-refractivity contribution in [3.05, 3.63) is 52.2 Å². The molecule has 1 aromatic carbocycles. The van der Waals surface area contributed by atoms with E-state index in [1.165, 1.54) is 4.88 Å². The van der Waals surface area contributed by atoms with Gasteiger partial charge in [-0.3, -0.25) is 4.79 Å². The molecular weight excluding hydrogens is 268 g/mol. The van der Waals surface area contributed by atoms with Crippen molar-refractivity contribution in [3.63, 3.8) is 0 Å². The fraction of sp³-hybridized carbons (Fsp3) is 0.312. The molecule has 0 bridgehead atoms. The van der Waals surface area contributed by atoms with E-state index in [0.717, 1.165) is 17.8 Å². The van der Waals surface area contributed by atoms with Gasteiger partial charge in [-0.15, -0.1) is 11.3 Å². The molecule has 0 aliphatic carbocycles. The first-order valence-electron chi connectivity index (χ1n) is 6.78. The van der Waals surface area contributed by atoms with Gasteiger partial charge in [-0.1, -0.05) is 6.07 Å². The van der Waals surface area contributed by atoms with Crippen LogP contribution in [0.1, 0.15) is 35.1 Å². The van der Waals surface area contributed by atoms with Crippen molar-refractivity contribution in [2.75, 3.05) is 18.9 Å². The predicted molar refractivity (Wildman–Crippen MR) is 85.4 cm³/mol. The molecule has 1 N–H and O–H groups in total. The average molecular weight is 288 g/mol. The molecule has 0 aliphatic heterocycles. The molecule has 4 heteroatoms. The molecule has 106 valence electrons. The molecule has 0 spiro atoms. The molecule has 1 atom stereocenters. The van der Waals surface area contributed by atoms with E-state index < -0.39 is 0 Å². The van der Waals surface area contributed by atoms with Crippen molar-refractivity contribution in [3.8, 4) is 0 Å². The number of anilines is 1. The molecule has 0 aliphatic rings. The molecule has 20 heavy (non-hydrogen) atoms. The second-order valence-corrected chi connectivity index (χ2v) is 5.69. The Labute approximate surface area is 124 Å². The molecule has 2 aromatic rings. The maximum absolute atomic E-state index is 12.5. The topological polar surface area (TPSA) is 32.3 Å². The summed E-state index contributed by atoms with van der Waals surface area (Å²) in [5.74, 6) is 0.0500. The van der Waals surface area contributed by atoms with Crippen molar-refractivity contribution in [2.24, 2.45) is 0 Å². The summed E-state index contributed by atoms with van der Waals surface area (Å²) < 4.78 is 0. The predicted octanol–water partition coefficient (Wildman–Crippen LogP) is 4.01. The summed E-state index contributed by atoms with van der Waals surface area (Å²) in [5.41, 5.74) is 1.76. The van der Waals surface area contributed by atoms with E-state index in [0.29, 0.717) is 0 Å². The smallest absolute Gasteiger partial charge is 0.254 e. The summed E-state index contributed by atoms with van der Waals surface area (Å²) in [6, 6.07) is 11.8. The minimum Gasteiger partial charge on any atom is -0.385 e. The van der Waals surface area contributed by atoms with Gasteiger partial charge in [-0.05, 0) is 49.6 Å². The van der Waals surface area contributed by atoms with Crippen molar-refractivity contribution < 1.29 is 4.79 Å². The Morgan fingerprint density at radius 1 is 1.30 bits per heavy atom. The quantitative estimate of drug-likeness (QED) is 0.901. The van der Waals surface area contributed by atoms with Gasteiger partial charge < -0.3 is 10.2 Å². The molecular formula is C16H20N2OS. The zero-order chi connectivity index (χ0) is 14.5. The number of amides is 1. The minimum atomic E-state index is 0.0500. The third-order valence-electron chi connectivity index (χ3n) is 3.37. The van der Waals surface area contributed by atoms with Crippen LogP contribution in [0.3, 0.4) is 0 Å². The second-order valence-electron chi connectivity index (χ2n) is 4.72. The third kappa shape index (κ3) is 3.20. The van der Waals surface area contributed by atoms with Gasteiger partial charge in [0.25, 0.3) is 5.91 Å². The molecule has 2 rings (SSSR count). The number of nitrogens with one attached hydrogen (secondary N) is 1. The van der Waals surface area contributed by atoms with Crippen LogP contribution in [0.2, 0.25) is 0 Å². The van der Waals surface area contributed by atoms with Crippen LogP contribution in [-0.2, 0) is 0 Å². The Kier molecular flexibility index (Phi) is 4.79. The first-order valence-corrected chi connectivity index (χ1v) is 7.66. The fourth-order valence-corrected chi connectivity index (χ4v) is 2.86. The molecule has 0 fully saturated rings. The maximum Gasteiger partial charge on any atom is 0.254 e. The number of carbonyl (C=O) groups excluding carboxylic acids is 1. The summed E-state index contributed by atoms with van der Waals surface area (Å²) in [7, 11) is 1.85. The minimum absolute atomic E-state index is 0.0500. The average Bonchev–Trinajstić information content (AvgIpc) is 3.00. The van der Waals surface area contributed by atoms with E-state index in [1.807, 2.05) is 42.8 Å². The highest BCUT2D eigenvalue weighted by atomic mass is 32.1. The Balaban J connectivity index is 2.10. The van der Waals surface area contributed by atoms with Gasteiger partial charge in [0.2, 0.25) is 0 Å². The first-order chi connectivity index (χ1) is 9.63. The highest BCUT2D eigenvalue weighted by Gasteiger charge is 2.19. The summed E-state index contributed by atoms with van der Waals surface area (Å²) in [6.45, 7) is 4.98. The van der Waals surface area contributed by atoms with Gasteiger partial charge in [-0.2, -0.15) is 0 Å². The molecule has 3 nitrogen and oxygen atoms in total. The molecule has 0 saturated heterocycles. The van der Waals surface area contributed by atoms with Crippen molar-refractivity contribution in [1.29, 1.82) is 0 Å². The van der Waals surface area contributed by atoms with Crippen LogP contribution in [-0.4, -0.2) is 24.4 Å². The van der Waals surface area contributed by atoms with Crippen molar-refractivity contribution in [2.45, 2.75) is 19.9 Å². The number of benzene rings is 1. The number of thiophene rings is 1. The molecule has 1 aromatic heterocycles. The standard InChI is InChI=1S/C16H20N2OS/c1-4-17-14-9-7-13(8-10-14)16(19)18(3)12(2)15-6-5-11-20-15/h5-12,17H,4H2,1-3H3. The molecule has 1 heterocycles. The normalized spacial score (nSPS) is 11.9. The van der Waals surface area contributed by atoms with Crippen LogP contribution in [0.25, 0.3) is 0 Å². The Morgan fingerprint density at radius 2 is 2.00 bits per heavy atom. The first kappa shape index (κ1) is 14.6. The van der Waals surface area contributed by atoms with Crippen LogP contribution in [0.15, 0.2) is 41.8 Å². The summed E-state index contributed by atoms with van der Waals surface area (Å²) >= 11 is 1.68. The lowest BCUT2D eigenvalue weighted by Crippen LogP contribution is -2.29. The van der Waals surface area contributed by atoms with Gasteiger partial charge in [0.15, 0.2) is 0 Å². The number of rotatable bonds is 5. The Hall–Kier alpha value is -1.81. The van der Waals surface area contributed by atoms with Crippen molar-refractivity contribution in [1.82, 2.24) is 4.90 Å². The number of nitrogens with zero attached hydrogens (tertiary/aromatic N) is 1. The largest absolute Gasteiger partial charge is 0.385 e. The van der Waals surface area contributed by atoms with E-state index in [1.54, 1.807) is 16.2 Å². The van der Waals surface area contributed by atoms with Crippen molar-refractivity contribution >= 4 is 22.9 Å². The van der Waals surface area contributed by atoms with E-state index in [2.05, 4.69) is 25.2 Å². The summed E-state index contributed by atoms with van der Waals surface area (Å²) in [4.78, 5) is 15.4. The van der Waals surface area contributed by atoms with Gasteiger partial charge in [0.1, 0.15) is 0 Å². The lowest BCUT2D eigenvalue weighted by molar-refractivity contribution is 0.0745. The van der Waals surface area contributed by atoms with E-state index in [9.17, 15) is 4.79 Å². The Morgan fingerprint density at radius 3 is 2.55 bits per heavy atom. The van der Waals surface area contributed by atoms with Gasteiger partial charge in [0.05, 0.1) is 6.04 Å². The van der Waals surface area contributed by atoms with Crippen LogP contribution < -0.4 is 5.32 Å². The maximum atomic E-state index is 12.5. The van der Waals surface area contributed by atoms with Gasteiger partial charge in [-0.25, -0.2) is 0 Å². The fourth-order valence-electron chi connectivity index (χ4n) is 2.03.